The highest BCUT2D eigenvalue weighted by Crippen LogP contribution is 2.14. The van der Waals surface area contributed by atoms with Crippen LogP contribution in [0.5, 0.6) is 0 Å². The first-order valence-corrected chi connectivity index (χ1v) is 5.38. The minimum Gasteiger partial charge on any atom is -0.391 e. The zero-order valence-electron chi connectivity index (χ0n) is 8.16. The van der Waals surface area contributed by atoms with Gasteiger partial charge in [-0.15, -0.1) is 11.3 Å². The molecular formula is C9H16N2OS. The van der Waals surface area contributed by atoms with E-state index in [0.717, 1.165) is 29.5 Å². The van der Waals surface area contributed by atoms with Gasteiger partial charge in [0.2, 0.25) is 0 Å². The molecule has 0 aliphatic carbocycles. The second kappa shape index (κ2) is 5.32. The Morgan fingerprint density at radius 1 is 1.46 bits per heavy atom. The van der Waals surface area contributed by atoms with Crippen molar-refractivity contribution >= 4 is 11.3 Å². The Labute approximate surface area is 83.0 Å². The van der Waals surface area contributed by atoms with Gasteiger partial charge in [-0.2, -0.15) is 0 Å². The SMILES string of the molecule is CCN(CC)Cc1ncc(CO)s1. The Morgan fingerprint density at radius 2 is 2.15 bits per heavy atom. The van der Waals surface area contributed by atoms with Crippen LogP contribution in [-0.2, 0) is 13.2 Å². The highest BCUT2D eigenvalue weighted by molar-refractivity contribution is 7.11. The summed E-state index contributed by atoms with van der Waals surface area (Å²) in [6.07, 6.45) is 1.75. The number of aliphatic hydroxyl groups is 1. The highest BCUT2D eigenvalue weighted by atomic mass is 32.1. The van der Waals surface area contributed by atoms with E-state index in [2.05, 4.69) is 23.7 Å². The van der Waals surface area contributed by atoms with Gasteiger partial charge in [0, 0.05) is 6.20 Å². The van der Waals surface area contributed by atoms with E-state index in [1.807, 2.05) is 0 Å². The quantitative estimate of drug-likeness (QED) is 0.782. The molecule has 0 spiro atoms. The van der Waals surface area contributed by atoms with Crippen molar-refractivity contribution in [3.05, 3.63) is 16.1 Å². The molecule has 0 aliphatic rings. The number of nitrogens with zero attached hydrogens (tertiary/aromatic N) is 2. The van der Waals surface area contributed by atoms with Gasteiger partial charge in [-0.05, 0) is 13.1 Å². The molecule has 0 saturated heterocycles. The van der Waals surface area contributed by atoms with Crippen LogP contribution < -0.4 is 0 Å². The van der Waals surface area contributed by atoms with E-state index in [9.17, 15) is 0 Å². The van der Waals surface area contributed by atoms with Crippen LogP contribution in [0.3, 0.4) is 0 Å². The highest BCUT2D eigenvalue weighted by Gasteiger charge is 2.04. The first kappa shape index (κ1) is 10.6. The van der Waals surface area contributed by atoms with Crippen LogP contribution in [-0.4, -0.2) is 28.1 Å². The van der Waals surface area contributed by atoms with Crippen LogP contribution in [0.25, 0.3) is 0 Å². The third-order valence-corrected chi connectivity index (χ3v) is 2.98. The summed E-state index contributed by atoms with van der Waals surface area (Å²) in [4.78, 5) is 7.49. The summed E-state index contributed by atoms with van der Waals surface area (Å²) in [6.45, 7) is 7.39. The Kier molecular flexibility index (Phi) is 4.35. The van der Waals surface area contributed by atoms with Gasteiger partial charge in [0.05, 0.1) is 18.0 Å². The molecular weight excluding hydrogens is 184 g/mol. The number of thiazole rings is 1. The third kappa shape index (κ3) is 3.06. The lowest BCUT2D eigenvalue weighted by Crippen LogP contribution is -2.21. The van der Waals surface area contributed by atoms with Gasteiger partial charge >= 0.3 is 0 Å². The summed E-state index contributed by atoms with van der Waals surface area (Å²) < 4.78 is 0. The molecule has 1 N–H and O–H groups in total. The molecule has 0 aromatic carbocycles. The largest absolute Gasteiger partial charge is 0.391 e. The first-order valence-electron chi connectivity index (χ1n) is 4.56. The Hall–Kier alpha value is -0.450. The molecule has 0 bridgehead atoms. The molecule has 4 heteroatoms. The van der Waals surface area contributed by atoms with Gasteiger partial charge in [0.25, 0.3) is 0 Å². The van der Waals surface area contributed by atoms with Crippen LogP contribution in [0.4, 0.5) is 0 Å². The summed E-state index contributed by atoms with van der Waals surface area (Å²) in [5, 5.41) is 9.95. The molecule has 13 heavy (non-hydrogen) atoms. The smallest absolute Gasteiger partial charge is 0.107 e. The maximum atomic E-state index is 8.86. The lowest BCUT2D eigenvalue weighted by Gasteiger charge is -2.15. The molecule has 0 unspecified atom stereocenters. The second-order valence-corrected chi connectivity index (χ2v) is 4.04. The maximum absolute atomic E-state index is 8.86. The zero-order valence-corrected chi connectivity index (χ0v) is 8.97. The summed E-state index contributed by atoms with van der Waals surface area (Å²) in [7, 11) is 0. The number of aliphatic hydroxyl groups excluding tert-OH is 1. The summed E-state index contributed by atoms with van der Waals surface area (Å²) >= 11 is 1.59. The van der Waals surface area contributed by atoms with Gasteiger partial charge in [0.15, 0.2) is 0 Å². The minimum atomic E-state index is 0.107. The predicted octanol–water partition coefficient (Wildman–Crippen LogP) is 1.48. The summed E-state index contributed by atoms with van der Waals surface area (Å²) in [5.41, 5.74) is 0. The Balaban J connectivity index is 2.52. The van der Waals surface area contributed by atoms with Crippen LogP contribution >= 0.6 is 11.3 Å². The van der Waals surface area contributed by atoms with E-state index in [4.69, 9.17) is 5.11 Å². The fraction of sp³-hybridized carbons (Fsp3) is 0.667. The van der Waals surface area contributed by atoms with Gasteiger partial charge < -0.3 is 5.11 Å². The van der Waals surface area contributed by atoms with Crippen molar-refractivity contribution in [2.45, 2.75) is 27.0 Å². The second-order valence-electron chi connectivity index (χ2n) is 2.84. The van der Waals surface area contributed by atoms with Gasteiger partial charge in [-0.1, -0.05) is 13.8 Å². The Bertz CT molecular complexity index is 246. The maximum Gasteiger partial charge on any atom is 0.107 e. The molecule has 1 heterocycles. The average Bonchev–Trinajstić information content (AvgIpc) is 2.61. The fourth-order valence-corrected chi connectivity index (χ4v) is 1.96. The molecule has 0 amide bonds. The zero-order chi connectivity index (χ0) is 9.68. The molecule has 0 fully saturated rings. The predicted molar refractivity (Wildman–Crippen MR) is 54.7 cm³/mol. The van der Waals surface area contributed by atoms with E-state index in [0.29, 0.717) is 0 Å². The molecule has 0 saturated carbocycles. The van der Waals surface area contributed by atoms with Crippen molar-refractivity contribution in [3.63, 3.8) is 0 Å². The van der Waals surface area contributed by atoms with E-state index in [1.54, 1.807) is 17.5 Å². The number of aromatic nitrogens is 1. The lowest BCUT2D eigenvalue weighted by molar-refractivity contribution is 0.285. The van der Waals surface area contributed by atoms with Crippen molar-refractivity contribution in [3.8, 4) is 0 Å². The first-order chi connectivity index (χ1) is 6.30. The topological polar surface area (TPSA) is 36.4 Å². The monoisotopic (exact) mass is 200 g/mol. The molecule has 0 aliphatic heterocycles. The Morgan fingerprint density at radius 3 is 2.62 bits per heavy atom. The van der Waals surface area contributed by atoms with E-state index < -0.39 is 0 Å². The molecule has 1 aromatic heterocycles. The van der Waals surface area contributed by atoms with Crippen molar-refractivity contribution < 1.29 is 5.11 Å². The molecule has 3 nitrogen and oxygen atoms in total. The van der Waals surface area contributed by atoms with Crippen molar-refractivity contribution in [2.24, 2.45) is 0 Å². The molecule has 0 radical (unpaired) electrons. The van der Waals surface area contributed by atoms with E-state index in [-0.39, 0.29) is 6.61 Å². The molecule has 1 rings (SSSR count). The molecule has 74 valence electrons. The summed E-state index contributed by atoms with van der Waals surface area (Å²) in [5.74, 6) is 0. The van der Waals surface area contributed by atoms with Crippen LogP contribution in [0.15, 0.2) is 6.20 Å². The standard InChI is InChI=1S/C9H16N2OS/c1-3-11(4-2)6-9-10-5-8(7-12)13-9/h5,12H,3-4,6-7H2,1-2H3. The van der Waals surface area contributed by atoms with Gasteiger partial charge in [-0.25, -0.2) is 4.98 Å². The van der Waals surface area contributed by atoms with Crippen molar-refractivity contribution in [1.82, 2.24) is 9.88 Å². The molecule has 1 aromatic rings. The van der Waals surface area contributed by atoms with Crippen LogP contribution in [0.1, 0.15) is 23.7 Å². The van der Waals surface area contributed by atoms with Crippen molar-refractivity contribution in [1.29, 1.82) is 0 Å². The number of hydrogen-bond acceptors (Lipinski definition) is 4. The number of hydrogen-bond donors (Lipinski definition) is 1. The normalized spacial score (nSPS) is 11.1. The minimum absolute atomic E-state index is 0.107. The van der Waals surface area contributed by atoms with E-state index in [1.165, 1.54) is 0 Å². The van der Waals surface area contributed by atoms with E-state index >= 15 is 0 Å². The number of rotatable bonds is 5. The summed E-state index contributed by atoms with van der Waals surface area (Å²) in [6, 6.07) is 0. The van der Waals surface area contributed by atoms with Crippen LogP contribution in [0, 0.1) is 0 Å². The van der Waals surface area contributed by atoms with Crippen molar-refractivity contribution in [2.75, 3.05) is 13.1 Å². The lowest BCUT2D eigenvalue weighted by atomic mass is 10.5. The van der Waals surface area contributed by atoms with Crippen LogP contribution in [0.2, 0.25) is 0 Å². The fourth-order valence-electron chi connectivity index (χ4n) is 1.13. The van der Waals surface area contributed by atoms with Gasteiger partial charge in [-0.3, -0.25) is 4.90 Å². The van der Waals surface area contributed by atoms with Gasteiger partial charge in [0.1, 0.15) is 5.01 Å². The third-order valence-electron chi connectivity index (χ3n) is 2.01. The molecule has 0 atom stereocenters. The average molecular weight is 200 g/mol.